The van der Waals surface area contributed by atoms with E-state index in [1.165, 1.54) is 0 Å². The predicted octanol–water partition coefficient (Wildman–Crippen LogP) is 2.43. The molecule has 0 aliphatic carbocycles. The minimum atomic E-state index is -4.09. The number of pyridine rings is 1. The largest absolute Gasteiger partial charge is 0.390 e. The maximum atomic E-state index is 11.8. The van der Waals surface area contributed by atoms with Gasteiger partial charge in [-0.3, -0.25) is 4.98 Å². The lowest BCUT2D eigenvalue weighted by Gasteiger charge is -2.07. The van der Waals surface area contributed by atoms with Crippen LogP contribution in [0.3, 0.4) is 0 Å². The number of halogens is 3. The normalized spacial score (nSPS) is 11.7. The Morgan fingerprint density at radius 1 is 1.33 bits per heavy atom. The summed E-state index contributed by atoms with van der Waals surface area (Å²) in [5, 5.41) is 2.70. The van der Waals surface area contributed by atoms with Crippen molar-refractivity contribution in [2.24, 2.45) is 0 Å². The molecule has 0 spiro atoms. The Morgan fingerprint density at radius 3 is 2.67 bits per heavy atom. The van der Waals surface area contributed by atoms with Crippen molar-refractivity contribution in [2.75, 3.05) is 6.54 Å². The van der Waals surface area contributed by atoms with Crippen LogP contribution in [0.25, 0.3) is 0 Å². The summed E-state index contributed by atoms with van der Waals surface area (Å²) in [5.41, 5.74) is 1.63. The van der Waals surface area contributed by atoms with E-state index in [9.17, 15) is 13.2 Å². The van der Waals surface area contributed by atoms with Crippen molar-refractivity contribution in [3.63, 3.8) is 0 Å². The number of hydrogen-bond donors (Lipinski definition) is 1. The zero-order valence-electron chi connectivity index (χ0n) is 8.43. The number of alkyl halides is 3. The quantitative estimate of drug-likeness (QED) is 0.785. The van der Waals surface area contributed by atoms with Crippen LogP contribution in [-0.2, 0) is 6.54 Å². The molecule has 0 amide bonds. The van der Waals surface area contributed by atoms with Gasteiger partial charge < -0.3 is 5.32 Å². The molecule has 1 heterocycles. The summed E-state index contributed by atoms with van der Waals surface area (Å²) in [6, 6.07) is 5.47. The van der Waals surface area contributed by atoms with Crippen molar-refractivity contribution in [1.29, 1.82) is 0 Å². The average Bonchev–Trinajstić information content (AvgIpc) is 2.11. The van der Waals surface area contributed by atoms with Gasteiger partial charge in [0, 0.05) is 18.8 Å². The number of rotatable bonds is 4. The first-order valence-corrected chi connectivity index (χ1v) is 4.67. The van der Waals surface area contributed by atoms with Crippen LogP contribution in [0, 0.1) is 6.92 Å². The SMILES string of the molecule is Cc1cccc(CNCCC(F)(F)F)n1. The topological polar surface area (TPSA) is 24.9 Å². The van der Waals surface area contributed by atoms with Gasteiger partial charge in [0.05, 0.1) is 12.1 Å². The van der Waals surface area contributed by atoms with E-state index in [-0.39, 0.29) is 6.54 Å². The van der Waals surface area contributed by atoms with Crippen molar-refractivity contribution in [2.45, 2.75) is 26.1 Å². The van der Waals surface area contributed by atoms with Gasteiger partial charge in [0.1, 0.15) is 0 Å². The summed E-state index contributed by atoms with van der Waals surface area (Å²) in [4.78, 5) is 4.16. The molecule has 1 N–H and O–H groups in total. The van der Waals surface area contributed by atoms with Gasteiger partial charge in [-0.2, -0.15) is 13.2 Å². The molecule has 15 heavy (non-hydrogen) atoms. The van der Waals surface area contributed by atoms with E-state index in [0.717, 1.165) is 11.4 Å². The molecule has 5 heteroatoms. The maximum absolute atomic E-state index is 11.8. The van der Waals surface area contributed by atoms with Crippen molar-refractivity contribution in [1.82, 2.24) is 10.3 Å². The van der Waals surface area contributed by atoms with Crippen molar-refractivity contribution in [3.05, 3.63) is 29.6 Å². The molecule has 0 unspecified atom stereocenters. The van der Waals surface area contributed by atoms with E-state index < -0.39 is 12.6 Å². The average molecular weight is 218 g/mol. The lowest BCUT2D eigenvalue weighted by atomic mass is 10.3. The van der Waals surface area contributed by atoms with Crippen molar-refractivity contribution in [3.8, 4) is 0 Å². The van der Waals surface area contributed by atoms with Crippen LogP contribution in [0.5, 0.6) is 0 Å². The molecule has 1 rings (SSSR count). The maximum Gasteiger partial charge on any atom is 0.390 e. The minimum absolute atomic E-state index is 0.0703. The summed E-state index contributed by atoms with van der Waals surface area (Å²) in [6.07, 6.45) is -4.90. The predicted molar refractivity (Wildman–Crippen MR) is 51.4 cm³/mol. The molecular formula is C10H13F3N2. The summed E-state index contributed by atoms with van der Waals surface area (Å²) >= 11 is 0. The third-order valence-corrected chi connectivity index (χ3v) is 1.84. The summed E-state index contributed by atoms with van der Waals surface area (Å²) in [6.45, 7) is 2.15. The number of nitrogens with zero attached hydrogens (tertiary/aromatic N) is 1. The van der Waals surface area contributed by atoms with Gasteiger partial charge in [0.15, 0.2) is 0 Å². The molecule has 0 saturated heterocycles. The van der Waals surface area contributed by atoms with E-state index in [1.54, 1.807) is 6.07 Å². The van der Waals surface area contributed by atoms with E-state index in [0.29, 0.717) is 6.54 Å². The monoisotopic (exact) mass is 218 g/mol. The Balaban J connectivity index is 2.26. The van der Waals surface area contributed by atoms with Crippen LogP contribution in [-0.4, -0.2) is 17.7 Å². The summed E-state index contributed by atoms with van der Waals surface area (Å²) in [5.74, 6) is 0. The highest BCUT2D eigenvalue weighted by Crippen LogP contribution is 2.18. The molecule has 1 aromatic heterocycles. The van der Waals surface area contributed by atoms with E-state index in [4.69, 9.17) is 0 Å². The Morgan fingerprint density at radius 2 is 2.07 bits per heavy atom. The van der Waals surface area contributed by atoms with Crippen LogP contribution in [0.15, 0.2) is 18.2 Å². The van der Waals surface area contributed by atoms with Gasteiger partial charge in [-0.25, -0.2) is 0 Å². The first-order chi connectivity index (χ1) is 6.97. The van der Waals surface area contributed by atoms with Crippen LogP contribution in [0.1, 0.15) is 17.8 Å². The molecule has 1 aromatic rings. The Kier molecular flexibility index (Phi) is 4.08. The van der Waals surface area contributed by atoms with Gasteiger partial charge in [-0.05, 0) is 19.1 Å². The minimum Gasteiger partial charge on any atom is -0.311 e. The van der Waals surface area contributed by atoms with Crippen molar-refractivity contribution >= 4 is 0 Å². The highest BCUT2D eigenvalue weighted by molar-refractivity contribution is 5.09. The van der Waals surface area contributed by atoms with E-state index in [1.807, 2.05) is 19.1 Å². The number of nitrogens with one attached hydrogen (secondary N) is 1. The van der Waals surface area contributed by atoms with Gasteiger partial charge in [-0.1, -0.05) is 6.07 Å². The molecule has 0 aliphatic rings. The van der Waals surface area contributed by atoms with E-state index >= 15 is 0 Å². The smallest absolute Gasteiger partial charge is 0.311 e. The van der Waals surface area contributed by atoms with Gasteiger partial charge in [0.2, 0.25) is 0 Å². The van der Waals surface area contributed by atoms with Crippen molar-refractivity contribution < 1.29 is 13.2 Å². The molecule has 0 atom stereocenters. The summed E-state index contributed by atoms with van der Waals surface area (Å²) < 4.78 is 35.4. The highest BCUT2D eigenvalue weighted by atomic mass is 19.4. The molecule has 0 bridgehead atoms. The van der Waals surface area contributed by atoms with Crippen LogP contribution in [0.4, 0.5) is 13.2 Å². The zero-order valence-corrected chi connectivity index (χ0v) is 8.43. The van der Waals surface area contributed by atoms with E-state index in [2.05, 4.69) is 10.3 Å². The Labute approximate surface area is 86.5 Å². The number of aromatic nitrogens is 1. The van der Waals surface area contributed by atoms with Gasteiger partial charge >= 0.3 is 6.18 Å². The third kappa shape index (κ3) is 5.37. The van der Waals surface area contributed by atoms with Crippen LogP contribution < -0.4 is 5.32 Å². The second-order valence-corrected chi connectivity index (χ2v) is 3.31. The fourth-order valence-electron chi connectivity index (χ4n) is 1.14. The molecular weight excluding hydrogens is 205 g/mol. The first kappa shape index (κ1) is 12.0. The second-order valence-electron chi connectivity index (χ2n) is 3.31. The van der Waals surface area contributed by atoms with Crippen LogP contribution >= 0.6 is 0 Å². The zero-order chi connectivity index (χ0) is 11.3. The lowest BCUT2D eigenvalue weighted by molar-refractivity contribution is -0.133. The fraction of sp³-hybridized carbons (Fsp3) is 0.500. The number of hydrogen-bond acceptors (Lipinski definition) is 2. The lowest BCUT2D eigenvalue weighted by Crippen LogP contribution is -2.21. The van der Waals surface area contributed by atoms with Gasteiger partial charge in [0.25, 0.3) is 0 Å². The third-order valence-electron chi connectivity index (χ3n) is 1.84. The van der Waals surface area contributed by atoms with Gasteiger partial charge in [-0.15, -0.1) is 0 Å². The Hall–Kier alpha value is -1.10. The first-order valence-electron chi connectivity index (χ1n) is 4.67. The van der Waals surface area contributed by atoms with Crippen LogP contribution in [0.2, 0.25) is 0 Å². The highest BCUT2D eigenvalue weighted by Gasteiger charge is 2.25. The Bertz CT molecular complexity index is 310. The molecule has 0 saturated carbocycles. The molecule has 0 aliphatic heterocycles. The molecule has 0 aromatic carbocycles. The fourth-order valence-corrected chi connectivity index (χ4v) is 1.14. The standard InChI is InChI=1S/C10H13F3N2/c1-8-3-2-4-9(15-8)7-14-6-5-10(11,12)13/h2-4,14H,5-7H2,1H3. The molecule has 2 nitrogen and oxygen atoms in total. The summed E-state index contributed by atoms with van der Waals surface area (Å²) in [7, 11) is 0. The molecule has 84 valence electrons. The molecule has 0 fully saturated rings. The molecule has 0 radical (unpaired) electrons. The number of aryl methyl sites for hydroxylation is 1. The second kappa shape index (κ2) is 5.11.